The Hall–Kier alpha value is 1.05. The molecule has 0 atom stereocenters. The van der Waals surface area contributed by atoms with Crippen LogP contribution in [0.3, 0.4) is 0 Å². The normalized spacial score (nSPS) is 4.00. The zero-order valence-electron chi connectivity index (χ0n) is 4.86. The third-order valence-electron chi connectivity index (χ3n) is 0. The van der Waals surface area contributed by atoms with E-state index in [0.717, 1.165) is 0 Å². The monoisotopic (exact) mass is 160 g/mol. The Morgan fingerprint density at radius 1 is 1.50 bits per heavy atom. The molecule has 0 saturated carbocycles. The van der Waals surface area contributed by atoms with Crippen LogP contribution in [0.5, 0.6) is 0 Å². The first kappa shape index (κ1) is 15.7. The van der Waals surface area contributed by atoms with Gasteiger partial charge in [-0.15, -0.1) is 0 Å². The van der Waals surface area contributed by atoms with Gasteiger partial charge < -0.3 is 13.1 Å². The summed E-state index contributed by atoms with van der Waals surface area (Å²) in [6, 6.07) is 0. The largest absolute Gasteiger partial charge is 2.00 e. The molecule has 0 aliphatic rings. The summed E-state index contributed by atoms with van der Waals surface area (Å²) in [4.78, 5) is 8.56. The number of rotatable bonds is 0. The molecular formula is CH4CaFeO3. The van der Waals surface area contributed by atoms with Crippen molar-refractivity contribution in [2.24, 2.45) is 0 Å². The van der Waals surface area contributed by atoms with Gasteiger partial charge >= 0.3 is 43.9 Å². The molecule has 0 rings (SSSR count). The topological polar surface area (TPSA) is 57.5 Å². The van der Waals surface area contributed by atoms with Crippen LogP contribution >= 0.6 is 0 Å². The van der Waals surface area contributed by atoms with Gasteiger partial charge in [0.25, 0.3) is 0 Å². The molecule has 0 radical (unpaired) electrons. The Kier molecular flexibility index (Phi) is 24.7. The molecule has 0 aliphatic carbocycles. The van der Waals surface area contributed by atoms with Crippen molar-refractivity contribution in [1.29, 1.82) is 0 Å². The fourth-order valence-electron chi connectivity index (χ4n) is 0. The molecule has 2 N–H and O–H groups in total. The van der Waals surface area contributed by atoms with Crippen molar-refractivity contribution in [2.45, 2.75) is 0 Å². The Morgan fingerprint density at radius 3 is 1.50 bits per heavy atom. The van der Waals surface area contributed by atoms with Crippen molar-refractivity contribution in [1.82, 2.24) is 0 Å². The maximum Gasteiger partial charge on any atom is 2.00 e. The van der Waals surface area contributed by atoms with Gasteiger partial charge in [0, 0.05) is 17.1 Å². The van der Waals surface area contributed by atoms with Crippen LogP contribution in [-0.4, -0.2) is 54.1 Å². The quantitative estimate of drug-likeness (QED) is 0.492. The summed E-state index contributed by atoms with van der Waals surface area (Å²) in [7, 11) is 0. The average molecular weight is 160 g/mol. The summed E-state index contributed by atoms with van der Waals surface area (Å²) in [6.07, 6.45) is -1.83. The second-order valence-corrected chi connectivity index (χ2v) is 0.283. The van der Waals surface area contributed by atoms with Gasteiger partial charge in [0.2, 0.25) is 0 Å². The zero-order valence-corrected chi connectivity index (χ0v) is 6.18. The smallest absolute Gasteiger partial charge is 1.00 e. The van der Waals surface area contributed by atoms with Crippen molar-refractivity contribution < 1.29 is 34.9 Å². The second kappa shape index (κ2) is 9.41. The standard InChI is InChI=1S/CH2O3.Ca.Fe.2H/c2-1(3)4;;;;/h(H2,2,3,4);;;;/q;+2;;2*-1. The van der Waals surface area contributed by atoms with Crippen molar-refractivity contribution in [3.05, 3.63) is 0 Å². The third-order valence-corrected chi connectivity index (χ3v) is 0. The zero-order chi connectivity index (χ0) is 3.58. The van der Waals surface area contributed by atoms with Crippen LogP contribution in [0.15, 0.2) is 0 Å². The minimum absolute atomic E-state index is 0. The van der Waals surface area contributed by atoms with Crippen molar-refractivity contribution >= 4 is 43.9 Å². The molecule has 0 saturated heterocycles. The van der Waals surface area contributed by atoms with Crippen molar-refractivity contribution in [3.63, 3.8) is 0 Å². The minimum Gasteiger partial charge on any atom is -1.00 e. The van der Waals surface area contributed by atoms with Gasteiger partial charge in [0.15, 0.2) is 0 Å². The van der Waals surface area contributed by atoms with E-state index in [1.807, 2.05) is 0 Å². The van der Waals surface area contributed by atoms with E-state index in [1.54, 1.807) is 0 Å². The van der Waals surface area contributed by atoms with E-state index in [1.165, 1.54) is 0 Å². The maximum absolute atomic E-state index is 8.56. The van der Waals surface area contributed by atoms with Gasteiger partial charge in [-0.2, -0.15) is 0 Å². The molecule has 0 unspecified atom stereocenters. The van der Waals surface area contributed by atoms with Crippen molar-refractivity contribution in [2.75, 3.05) is 0 Å². The molecule has 36 valence electrons. The number of carboxylic acid groups (broad SMARTS) is 2. The molecule has 0 spiro atoms. The number of hydrogen-bond acceptors (Lipinski definition) is 1. The van der Waals surface area contributed by atoms with Gasteiger partial charge in [-0.05, 0) is 0 Å². The van der Waals surface area contributed by atoms with Gasteiger partial charge in [-0.3, -0.25) is 0 Å². The van der Waals surface area contributed by atoms with Crippen LogP contribution in [0.25, 0.3) is 0 Å². The van der Waals surface area contributed by atoms with Gasteiger partial charge in [-0.25, -0.2) is 4.79 Å². The molecular weight excluding hydrogens is 156 g/mol. The molecule has 0 aromatic rings. The summed E-state index contributed by atoms with van der Waals surface area (Å²) in [6.45, 7) is 0. The Balaban J connectivity index is -0.00000000750. The first-order chi connectivity index (χ1) is 1.73. The molecule has 5 heteroatoms. The van der Waals surface area contributed by atoms with E-state index in [4.69, 9.17) is 15.0 Å². The fraction of sp³-hybridized carbons (Fsp3) is 0. The van der Waals surface area contributed by atoms with Gasteiger partial charge in [-0.1, -0.05) is 0 Å². The predicted molar refractivity (Wildman–Crippen MR) is 18.6 cm³/mol. The average Bonchev–Trinajstić information content (AvgIpc) is 0.811. The predicted octanol–water partition coefficient (Wildman–Crippen LogP) is 0.0641. The van der Waals surface area contributed by atoms with E-state index in [9.17, 15) is 0 Å². The van der Waals surface area contributed by atoms with Gasteiger partial charge in [0.1, 0.15) is 0 Å². The molecule has 0 aromatic carbocycles. The first-order valence-electron chi connectivity index (χ1n) is 0.651. The molecule has 0 aliphatic heterocycles. The number of carbonyl (C=O) groups is 1. The Labute approximate surface area is 78.2 Å². The molecule has 3 nitrogen and oxygen atoms in total. The SMILES string of the molecule is O=C(O)O.[Ca+2].[Fe].[H-].[H-]. The second-order valence-electron chi connectivity index (χ2n) is 0.283. The van der Waals surface area contributed by atoms with Crippen LogP contribution in [0.2, 0.25) is 0 Å². The Morgan fingerprint density at radius 2 is 1.50 bits per heavy atom. The van der Waals surface area contributed by atoms with Crippen molar-refractivity contribution in [3.8, 4) is 0 Å². The molecule has 0 heterocycles. The van der Waals surface area contributed by atoms with E-state index < -0.39 is 6.16 Å². The maximum atomic E-state index is 8.56. The van der Waals surface area contributed by atoms with Crippen LogP contribution in [-0.2, 0) is 17.1 Å². The first-order valence-corrected chi connectivity index (χ1v) is 0.651. The molecule has 0 aromatic heterocycles. The van der Waals surface area contributed by atoms with E-state index in [0.29, 0.717) is 0 Å². The number of hydrogen-bond donors (Lipinski definition) is 2. The van der Waals surface area contributed by atoms with Gasteiger partial charge in [0.05, 0.1) is 0 Å². The summed E-state index contributed by atoms with van der Waals surface area (Å²) in [5.41, 5.74) is 0. The summed E-state index contributed by atoms with van der Waals surface area (Å²) >= 11 is 0. The Bertz CT molecular complexity index is 40.3. The summed E-state index contributed by atoms with van der Waals surface area (Å²) in [5, 5.41) is 13.9. The molecule has 6 heavy (non-hydrogen) atoms. The van der Waals surface area contributed by atoms with E-state index >= 15 is 0 Å². The molecule has 0 amide bonds. The minimum atomic E-state index is -1.83. The summed E-state index contributed by atoms with van der Waals surface area (Å²) in [5.74, 6) is 0. The van der Waals surface area contributed by atoms with Crippen LogP contribution in [0.1, 0.15) is 2.85 Å². The van der Waals surface area contributed by atoms with E-state index in [2.05, 4.69) is 0 Å². The molecule has 0 bridgehead atoms. The fourth-order valence-corrected chi connectivity index (χ4v) is 0. The molecule has 0 fully saturated rings. The van der Waals surface area contributed by atoms with Crippen LogP contribution in [0, 0.1) is 0 Å². The van der Waals surface area contributed by atoms with Crippen LogP contribution < -0.4 is 0 Å². The summed E-state index contributed by atoms with van der Waals surface area (Å²) < 4.78 is 0. The third kappa shape index (κ3) is 75.2. The van der Waals surface area contributed by atoms with Crippen LogP contribution in [0.4, 0.5) is 4.79 Å². The van der Waals surface area contributed by atoms with E-state index in [-0.39, 0.29) is 57.7 Å².